The lowest BCUT2D eigenvalue weighted by Crippen LogP contribution is -2.36. The second-order valence-electron chi connectivity index (χ2n) is 9.11. The number of nitro benzene ring substituents is 1. The second-order valence-corrected chi connectivity index (χ2v) is 11.3. The van der Waals surface area contributed by atoms with Crippen LogP contribution >= 0.6 is 34.4 Å². The molecule has 212 valence electrons. The number of carbonyl (C=O) groups is 3. The second kappa shape index (κ2) is 13.2. The number of halogens is 1. The summed E-state index contributed by atoms with van der Waals surface area (Å²) in [6.07, 6.45) is 1.58. The number of aryl methyl sites for hydroxylation is 2. The Bertz CT molecular complexity index is 1560. The van der Waals surface area contributed by atoms with Gasteiger partial charge >= 0.3 is 0 Å². The van der Waals surface area contributed by atoms with Crippen molar-refractivity contribution in [3.63, 3.8) is 0 Å². The molecule has 12 heteroatoms. The van der Waals surface area contributed by atoms with Gasteiger partial charge in [-0.25, -0.2) is 0 Å². The maximum atomic E-state index is 13.1. The summed E-state index contributed by atoms with van der Waals surface area (Å²) in [6.45, 7) is 5.73. The number of ether oxygens (including phenoxy) is 2. The molecule has 1 fully saturated rings. The predicted molar refractivity (Wildman–Crippen MR) is 165 cm³/mol. The number of nitrogens with one attached hydrogen (secondary N) is 1. The van der Waals surface area contributed by atoms with Crippen molar-refractivity contribution in [1.82, 2.24) is 4.90 Å². The minimum atomic E-state index is -0.553. The number of hydrogen-bond donors (Lipinski definition) is 1. The van der Waals surface area contributed by atoms with Crippen LogP contribution in [-0.2, 0) is 16.2 Å². The summed E-state index contributed by atoms with van der Waals surface area (Å²) < 4.78 is 12.5. The zero-order chi connectivity index (χ0) is 29.7. The molecule has 1 heterocycles. The van der Waals surface area contributed by atoms with Crippen molar-refractivity contribution in [3.8, 4) is 11.5 Å². The van der Waals surface area contributed by atoms with E-state index >= 15 is 0 Å². The van der Waals surface area contributed by atoms with E-state index in [1.54, 1.807) is 30.3 Å². The molecular formula is C29H26IN3O7S. The molecule has 1 aliphatic heterocycles. The number of carbonyl (C=O) groups excluding carboxylic acids is 3. The Morgan fingerprint density at radius 1 is 1.10 bits per heavy atom. The lowest BCUT2D eigenvalue weighted by molar-refractivity contribution is -0.384. The maximum Gasteiger partial charge on any atom is 0.294 e. The van der Waals surface area contributed by atoms with Crippen LogP contribution in [0.1, 0.15) is 29.2 Å². The fourth-order valence-electron chi connectivity index (χ4n) is 3.94. The Kier molecular flexibility index (Phi) is 9.65. The zero-order valence-electron chi connectivity index (χ0n) is 22.4. The van der Waals surface area contributed by atoms with Crippen molar-refractivity contribution in [2.24, 2.45) is 0 Å². The SMILES string of the molecule is CCOc1cc(/C=C2/SC(=O)N(CC(=O)Nc3cc(C)ccc3C)C2=O)cc(I)c1OCc1ccc([N+](=O)[O-])cc1. The first-order valence-corrected chi connectivity index (χ1v) is 14.4. The molecule has 1 aliphatic rings. The average Bonchev–Trinajstić information content (AvgIpc) is 3.17. The number of benzene rings is 3. The molecule has 0 bridgehead atoms. The third-order valence-electron chi connectivity index (χ3n) is 6.00. The van der Waals surface area contributed by atoms with Gasteiger partial charge in [-0.15, -0.1) is 0 Å². The highest BCUT2D eigenvalue weighted by atomic mass is 127. The molecule has 3 aromatic rings. The van der Waals surface area contributed by atoms with Gasteiger partial charge in [0.05, 0.1) is 20.0 Å². The molecule has 41 heavy (non-hydrogen) atoms. The Morgan fingerprint density at radius 3 is 2.51 bits per heavy atom. The maximum absolute atomic E-state index is 13.1. The summed E-state index contributed by atoms with van der Waals surface area (Å²) in [6, 6.07) is 15.2. The highest BCUT2D eigenvalue weighted by Gasteiger charge is 2.36. The van der Waals surface area contributed by atoms with Gasteiger partial charge in [0.1, 0.15) is 13.2 Å². The quantitative estimate of drug-likeness (QED) is 0.111. The number of imide groups is 1. The molecule has 1 N–H and O–H groups in total. The van der Waals surface area contributed by atoms with E-state index in [-0.39, 0.29) is 17.2 Å². The topological polar surface area (TPSA) is 128 Å². The van der Waals surface area contributed by atoms with Crippen LogP contribution in [0.5, 0.6) is 11.5 Å². The van der Waals surface area contributed by atoms with Gasteiger partial charge in [-0.3, -0.25) is 29.4 Å². The van der Waals surface area contributed by atoms with Gasteiger partial charge in [0, 0.05) is 17.8 Å². The molecule has 1 saturated heterocycles. The fourth-order valence-corrected chi connectivity index (χ4v) is 5.55. The molecule has 3 aromatic carbocycles. The minimum absolute atomic E-state index is 0.00546. The molecule has 0 atom stereocenters. The molecule has 0 aromatic heterocycles. The number of thioether (sulfide) groups is 1. The van der Waals surface area contributed by atoms with Gasteiger partial charge in [-0.1, -0.05) is 12.1 Å². The highest BCUT2D eigenvalue weighted by Crippen LogP contribution is 2.38. The highest BCUT2D eigenvalue weighted by molar-refractivity contribution is 14.1. The van der Waals surface area contributed by atoms with Crippen molar-refractivity contribution in [2.45, 2.75) is 27.4 Å². The molecule has 3 amide bonds. The lowest BCUT2D eigenvalue weighted by Gasteiger charge is -2.15. The van der Waals surface area contributed by atoms with E-state index in [4.69, 9.17) is 9.47 Å². The van der Waals surface area contributed by atoms with E-state index in [9.17, 15) is 24.5 Å². The average molecular weight is 688 g/mol. The van der Waals surface area contributed by atoms with Crippen LogP contribution in [0, 0.1) is 27.5 Å². The lowest BCUT2D eigenvalue weighted by atomic mass is 10.1. The van der Waals surface area contributed by atoms with E-state index < -0.39 is 28.5 Å². The first-order chi connectivity index (χ1) is 19.5. The van der Waals surface area contributed by atoms with Crippen molar-refractivity contribution >= 4 is 68.9 Å². The van der Waals surface area contributed by atoms with Crippen molar-refractivity contribution in [1.29, 1.82) is 0 Å². The summed E-state index contributed by atoms with van der Waals surface area (Å²) in [4.78, 5) is 49.9. The van der Waals surface area contributed by atoms with Gasteiger partial charge in [0.25, 0.3) is 16.8 Å². The minimum Gasteiger partial charge on any atom is -0.490 e. The number of rotatable bonds is 10. The van der Waals surface area contributed by atoms with Gasteiger partial charge in [-0.2, -0.15) is 0 Å². The molecule has 0 radical (unpaired) electrons. The largest absolute Gasteiger partial charge is 0.490 e. The van der Waals surface area contributed by atoms with E-state index in [0.29, 0.717) is 32.9 Å². The van der Waals surface area contributed by atoms with Crippen LogP contribution < -0.4 is 14.8 Å². The summed E-state index contributed by atoms with van der Waals surface area (Å²) >= 11 is 2.86. The molecule has 0 saturated carbocycles. The van der Waals surface area contributed by atoms with Crippen LogP contribution in [0.15, 0.2) is 59.5 Å². The van der Waals surface area contributed by atoms with E-state index in [2.05, 4.69) is 27.9 Å². The predicted octanol–water partition coefficient (Wildman–Crippen LogP) is 6.47. The number of anilines is 1. The van der Waals surface area contributed by atoms with E-state index in [1.165, 1.54) is 12.1 Å². The standard InChI is InChI=1S/C29H26IN3O7S/c1-4-39-24-13-20(12-22(30)27(24)40-16-19-7-9-21(10-8-19)33(37)38)14-25-28(35)32(29(36)41-25)15-26(34)31-23-11-17(2)5-6-18(23)3/h5-14H,4,15-16H2,1-3H3,(H,31,34)/b25-14+. The summed E-state index contributed by atoms with van der Waals surface area (Å²) in [5.74, 6) is -0.0913. The van der Waals surface area contributed by atoms with Crippen LogP contribution in [0.4, 0.5) is 16.2 Å². The Morgan fingerprint density at radius 2 is 1.83 bits per heavy atom. The summed E-state index contributed by atoms with van der Waals surface area (Å²) in [7, 11) is 0. The molecule has 4 rings (SSSR count). The van der Waals surface area contributed by atoms with E-state index in [0.717, 1.165) is 33.4 Å². The third kappa shape index (κ3) is 7.44. The van der Waals surface area contributed by atoms with Crippen LogP contribution in [0.2, 0.25) is 0 Å². The Hall–Kier alpha value is -3.91. The fraction of sp³-hybridized carbons (Fsp3) is 0.207. The number of nitrogens with zero attached hydrogens (tertiary/aromatic N) is 2. The number of amides is 3. The normalized spacial score (nSPS) is 14.0. The monoisotopic (exact) mass is 687 g/mol. The molecule has 0 aliphatic carbocycles. The van der Waals surface area contributed by atoms with Crippen molar-refractivity contribution in [2.75, 3.05) is 18.5 Å². The summed E-state index contributed by atoms with van der Waals surface area (Å²) in [5.41, 5.74) is 3.83. The smallest absolute Gasteiger partial charge is 0.294 e. The number of nitro groups is 1. The molecule has 10 nitrogen and oxygen atoms in total. The summed E-state index contributed by atoms with van der Waals surface area (Å²) in [5, 5.41) is 13.1. The number of non-ortho nitro benzene ring substituents is 1. The van der Waals surface area contributed by atoms with Gasteiger partial charge in [0.15, 0.2) is 11.5 Å². The van der Waals surface area contributed by atoms with Crippen molar-refractivity contribution < 1.29 is 28.8 Å². The Balaban J connectivity index is 1.48. The van der Waals surface area contributed by atoms with Gasteiger partial charge in [0.2, 0.25) is 5.91 Å². The Labute approximate surface area is 254 Å². The third-order valence-corrected chi connectivity index (χ3v) is 7.71. The molecular weight excluding hydrogens is 661 g/mol. The number of hydrogen-bond acceptors (Lipinski definition) is 8. The first kappa shape index (κ1) is 30.1. The van der Waals surface area contributed by atoms with Crippen LogP contribution in [-0.4, -0.2) is 40.0 Å². The molecule has 0 spiro atoms. The van der Waals surface area contributed by atoms with Gasteiger partial charge < -0.3 is 14.8 Å². The zero-order valence-corrected chi connectivity index (χ0v) is 25.4. The van der Waals surface area contributed by atoms with Crippen LogP contribution in [0.3, 0.4) is 0 Å². The van der Waals surface area contributed by atoms with E-state index in [1.807, 2.05) is 39.0 Å². The van der Waals surface area contributed by atoms with Gasteiger partial charge in [-0.05, 0) is 114 Å². The van der Waals surface area contributed by atoms with Crippen molar-refractivity contribution in [3.05, 3.63) is 95.4 Å². The first-order valence-electron chi connectivity index (χ1n) is 12.5. The molecule has 0 unspecified atom stereocenters. The van der Waals surface area contributed by atoms with Crippen LogP contribution in [0.25, 0.3) is 6.08 Å².